The summed E-state index contributed by atoms with van der Waals surface area (Å²) in [7, 11) is 0. The zero-order valence-electron chi connectivity index (χ0n) is 15.0. The zero-order chi connectivity index (χ0) is 16.9. The van der Waals surface area contributed by atoms with Gasteiger partial charge in [-0.25, -0.2) is 0 Å². The third kappa shape index (κ3) is 2.23. The summed E-state index contributed by atoms with van der Waals surface area (Å²) in [6.45, 7) is 11.2. The lowest BCUT2D eigenvalue weighted by Crippen LogP contribution is -2.51. The average molecular weight is 318 g/mol. The van der Waals surface area contributed by atoms with Gasteiger partial charge in [0.05, 0.1) is 6.10 Å². The minimum atomic E-state index is -0.380. The molecule has 1 saturated carbocycles. The van der Waals surface area contributed by atoms with E-state index in [9.17, 15) is 9.90 Å². The number of carbonyl (C=O) groups is 1. The van der Waals surface area contributed by atoms with Gasteiger partial charge in [0.2, 0.25) is 0 Å². The molecule has 0 spiro atoms. The molecule has 2 aliphatic carbocycles. The first-order valence-corrected chi connectivity index (χ1v) is 9.08. The summed E-state index contributed by atoms with van der Waals surface area (Å²) in [5, 5.41) is 10.8. The predicted octanol–water partition coefficient (Wildman–Crippen LogP) is 3.73. The Balaban J connectivity index is 2.15. The average Bonchev–Trinajstić information content (AvgIpc) is 2.69. The topological polar surface area (TPSA) is 46.5 Å². The van der Waals surface area contributed by atoms with E-state index in [4.69, 9.17) is 4.74 Å². The van der Waals surface area contributed by atoms with Crippen molar-refractivity contribution in [3.05, 3.63) is 23.5 Å². The lowest BCUT2D eigenvalue weighted by molar-refractivity contribution is -0.104. The van der Waals surface area contributed by atoms with E-state index in [1.807, 2.05) is 0 Å². The van der Waals surface area contributed by atoms with Crippen LogP contribution in [0.5, 0.6) is 0 Å². The molecule has 0 aromatic rings. The fraction of sp³-hybridized carbons (Fsp3) is 0.750. The van der Waals surface area contributed by atoms with Gasteiger partial charge in [0, 0.05) is 17.4 Å². The zero-order valence-corrected chi connectivity index (χ0v) is 15.0. The van der Waals surface area contributed by atoms with E-state index in [-0.39, 0.29) is 29.5 Å². The number of aliphatic hydroxyl groups is 1. The smallest absolute Gasteiger partial charge is 0.146 e. The Hall–Kier alpha value is -1.09. The predicted molar refractivity (Wildman–Crippen MR) is 90.6 cm³/mol. The molecule has 3 nitrogen and oxygen atoms in total. The third-order valence-corrected chi connectivity index (χ3v) is 6.87. The summed E-state index contributed by atoms with van der Waals surface area (Å²) >= 11 is 0. The summed E-state index contributed by atoms with van der Waals surface area (Å²) in [6.07, 6.45) is 6.37. The number of hydrogen-bond acceptors (Lipinski definition) is 3. The molecule has 3 rings (SSSR count). The molecule has 0 radical (unpaired) electrons. The quantitative estimate of drug-likeness (QED) is 0.490. The molecule has 0 aromatic carbocycles. The van der Waals surface area contributed by atoms with E-state index in [0.717, 1.165) is 30.5 Å². The van der Waals surface area contributed by atoms with Crippen molar-refractivity contribution in [2.45, 2.75) is 59.7 Å². The second-order valence-corrected chi connectivity index (χ2v) is 8.22. The van der Waals surface area contributed by atoms with Crippen molar-refractivity contribution in [3.63, 3.8) is 0 Å². The Labute approximate surface area is 139 Å². The van der Waals surface area contributed by atoms with Gasteiger partial charge in [-0.05, 0) is 41.7 Å². The Morgan fingerprint density at radius 1 is 1.43 bits per heavy atom. The number of aliphatic hydroxyl groups excluding tert-OH is 1. The van der Waals surface area contributed by atoms with E-state index < -0.39 is 0 Å². The molecule has 1 saturated heterocycles. The number of carbonyl (C=O) groups excluding carboxylic acids is 1. The molecular formula is C20H30O3. The highest BCUT2D eigenvalue weighted by atomic mass is 16.5. The first kappa shape index (κ1) is 16.8. The van der Waals surface area contributed by atoms with Crippen LogP contribution in [0.15, 0.2) is 23.5 Å². The fourth-order valence-corrected chi connectivity index (χ4v) is 5.82. The van der Waals surface area contributed by atoms with Crippen LogP contribution in [0.4, 0.5) is 0 Å². The maximum atomic E-state index is 11.2. The van der Waals surface area contributed by atoms with E-state index in [0.29, 0.717) is 17.8 Å². The molecule has 3 aliphatic rings. The number of allylic oxidation sites excluding steroid dienone is 2. The van der Waals surface area contributed by atoms with Crippen LogP contribution in [-0.4, -0.2) is 23.6 Å². The molecule has 8 unspecified atom stereocenters. The number of rotatable bonds is 3. The van der Waals surface area contributed by atoms with Crippen molar-refractivity contribution in [2.24, 2.45) is 35.0 Å². The van der Waals surface area contributed by atoms with Crippen LogP contribution >= 0.6 is 0 Å². The van der Waals surface area contributed by atoms with Crippen molar-refractivity contribution in [1.29, 1.82) is 0 Å². The van der Waals surface area contributed by atoms with Crippen molar-refractivity contribution < 1.29 is 14.6 Å². The molecule has 2 bridgehead atoms. The molecule has 1 aliphatic heterocycles. The lowest BCUT2D eigenvalue weighted by atomic mass is 9.51. The van der Waals surface area contributed by atoms with Gasteiger partial charge in [-0.15, -0.1) is 0 Å². The monoisotopic (exact) mass is 318 g/mol. The van der Waals surface area contributed by atoms with Crippen molar-refractivity contribution >= 4 is 6.29 Å². The van der Waals surface area contributed by atoms with Crippen LogP contribution in [0, 0.1) is 35.0 Å². The number of fused-ring (bicyclic) bond motifs is 4. The summed E-state index contributed by atoms with van der Waals surface area (Å²) in [6, 6.07) is 0. The van der Waals surface area contributed by atoms with Crippen LogP contribution in [0.1, 0.15) is 47.5 Å². The van der Waals surface area contributed by atoms with E-state index in [1.165, 1.54) is 0 Å². The Morgan fingerprint density at radius 2 is 2.13 bits per heavy atom. The van der Waals surface area contributed by atoms with Crippen molar-refractivity contribution in [3.8, 4) is 0 Å². The Bertz CT molecular complexity index is 549. The molecule has 1 N–H and O–H groups in total. The van der Waals surface area contributed by atoms with Gasteiger partial charge in [0.15, 0.2) is 0 Å². The number of aldehydes is 1. The first-order valence-electron chi connectivity index (χ1n) is 9.08. The normalized spacial score (nSPS) is 48.4. The Kier molecular flexibility index (Phi) is 4.20. The van der Waals surface area contributed by atoms with Gasteiger partial charge >= 0.3 is 0 Å². The molecule has 0 amide bonds. The SMILES string of the molecule is CCC(C)C1C2C=C3C(O)C(C)CC(C)C3C1(C)C(=CC=O)O2. The minimum Gasteiger partial charge on any atom is -0.490 e. The summed E-state index contributed by atoms with van der Waals surface area (Å²) in [4.78, 5) is 11.2. The van der Waals surface area contributed by atoms with Crippen LogP contribution < -0.4 is 0 Å². The van der Waals surface area contributed by atoms with Gasteiger partial charge in [-0.1, -0.05) is 41.0 Å². The second kappa shape index (κ2) is 5.77. The van der Waals surface area contributed by atoms with E-state index >= 15 is 0 Å². The summed E-state index contributed by atoms with van der Waals surface area (Å²) < 4.78 is 6.23. The molecule has 3 heteroatoms. The van der Waals surface area contributed by atoms with Gasteiger partial charge in [-0.2, -0.15) is 0 Å². The Morgan fingerprint density at radius 3 is 2.74 bits per heavy atom. The van der Waals surface area contributed by atoms with E-state index in [2.05, 4.69) is 40.7 Å². The standard InChI is InChI=1S/C20H30O3/c1-6-11(2)18-15-10-14-17(12(3)9-13(4)19(14)22)20(18,5)16(23-15)7-8-21/h7-8,10-13,15,17-19,22H,6,9H2,1-5H3. The molecule has 1 heterocycles. The molecule has 2 fully saturated rings. The first-order chi connectivity index (χ1) is 10.9. The molecule has 0 aromatic heterocycles. The summed E-state index contributed by atoms with van der Waals surface area (Å²) in [5.74, 6) is 2.74. The maximum Gasteiger partial charge on any atom is 0.146 e. The molecule has 23 heavy (non-hydrogen) atoms. The highest BCUT2D eigenvalue weighted by Gasteiger charge is 2.62. The van der Waals surface area contributed by atoms with Gasteiger partial charge in [-0.3, -0.25) is 4.79 Å². The number of ether oxygens (including phenoxy) is 1. The van der Waals surface area contributed by atoms with Crippen molar-refractivity contribution in [2.75, 3.05) is 0 Å². The van der Waals surface area contributed by atoms with Crippen LogP contribution in [0.25, 0.3) is 0 Å². The van der Waals surface area contributed by atoms with E-state index in [1.54, 1.807) is 6.08 Å². The largest absolute Gasteiger partial charge is 0.490 e. The summed E-state index contributed by atoms with van der Waals surface area (Å²) in [5.41, 5.74) is 0.962. The van der Waals surface area contributed by atoms with Crippen molar-refractivity contribution in [1.82, 2.24) is 0 Å². The van der Waals surface area contributed by atoms with Gasteiger partial charge in [0.1, 0.15) is 18.1 Å². The lowest BCUT2D eigenvalue weighted by Gasteiger charge is -2.52. The third-order valence-electron chi connectivity index (χ3n) is 6.87. The maximum absolute atomic E-state index is 11.2. The number of hydrogen-bond donors (Lipinski definition) is 1. The van der Waals surface area contributed by atoms with Gasteiger partial charge < -0.3 is 9.84 Å². The highest BCUT2D eigenvalue weighted by Crippen LogP contribution is 2.64. The fourth-order valence-electron chi connectivity index (χ4n) is 5.82. The minimum absolute atomic E-state index is 0.0143. The van der Waals surface area contributed by atoms with Gasteiger partial charge in [0.25, 0.3) is 0 Å². The molecular weight excluding hydrogens is 288 g/mol. The molecule has 8 atom stereocenters. The second-order valence-electron chi connectivity index (χ2n) is 8.22. The highest BCUT2D eigenvalue weighted by molar-refractivity contribution is 5.66. The van der Waals surface area contributed by atoms with Crippen LogP contribution in [0.3, 0.4) is 0 Å². The van der Waals surface area contributed by atoms with Crippen LogP contribution in [-0.2, 0) is 9.53 Å². The molecule has 128 valence electrons. The van der Waals surface area contributed by atoms with Crippen LogP contribution in [0.2, 0.25) is 0 Å².